The molecule has 0 saturated heterocycles. The molecular formula is C11H11NO3. The topological polar surface area (TPSA) is 55.7 Å². The number of isocyanates is 1. The number of nitrogens with zero attached hydrogens (tertiary/aromatic N) is 1. The van der Waals surface area contributed by atoms with Gasteiger partial charge in [0.2, 0.25) is 0 Å². The van der Waals surface area contributed by atoms with Gasteiger partial charge in [-0.15, -0.1) is 0 Å². The van der Waals surface area contributed by atoms with Crippen LogP contribution in [-0.2, 0) is 9.63 Å². The van der Waals surface area contributed by atoms with Gasteiger partial charge in [-0.1, -0.05) is 26.0 Å². The van der Waals surface area contributed by atoms with E-state index in [9.17, 15) is 9.59 Å². The van der Waals surface area contributed by atoms with Gasteiger partial charge in [0.15, 0.2) is 0 Å². The first-order valence-corrected chi connectivity index (χ1v) is 4.53. The number of hydrogen-bond acceptors (Lipinski definition) is 4. The van der Waals surface area contributed by atoms with Crippen LogP contribution in [-0.4, -0.2) is 12.0 Å². The molecule has 0 spiro atoms. The molecule has 0 heterocycles. The molecule has 0 N–H and O–H groups in total. The number of carbonyl (C=O) groups is 1. The molecule has 0 aromatic heterocycles. The Bertz CT molecular complexity index is 389. The normalized spacial score (nSPS) is 9.53. The Balaban J connectivity index is 2.79. The average molecular weight is 205 g/mol. The highest BCUT2D eigenvalue weighted by molar-refractivity contribution is 5.89. The number of hydrogen-bond donors (Lipinski definition) is 0. The summed E-state index contributed by atoms with van der Waals surface area (Å²) in [7, 11) is 0. The van der Waals surface area contributed by atoms with Gasteiger partial charge in [-0.2, -0.15) is 0 Å². The summed E-state index contributed by atoms with van der Waals surface area (Å²) in [6, 6.07) is 6.95. The van der Waals surface area contributed by atoms with Crippen LogP contribution in [0, 0.1) is 0 Å². The molecule has 15 heavy (non-hydrogen) atoms. The van der Waals surface area contributed by atoms with Crippen molar-refractivity contribution in [2.75, 3.05) is 0 Å². The van der Waals surface area contributed by atoms with Crippen molar-refractivity contribution in [2.24, 2.45) is 5.16 Å². The molecule has 1 aromatic rings. The smallest absolute Gasteiger partial charge is 0.301 e. The van der Waals surface area contributed by atoms with Gasteiger partial charge in [0, 0.05) is 5.16 Å². The van der Waals surface area contributed by atoms with Crippen LogP contribution in [0.1, 0.15) is 35.7 Å². The lowest BCUT2D eigenvalue weighted by atomic mass is 10.0. The van der Waals surface area contributed by atoms with E-state index in [-0.39, 0.29) is 0 Å². The van der Waals surface area contributed by atoms with E-state index >= 15 is 0 Å². The second kappa shape index (κ2) is 5.08. The van der Waals surface area contributed by atoms with Crippen molar-refractivity contribution in [1.82, 2.24) is 0 Å². The Morgan fingerprint density at radius 2 is 1.93 bits per heavy atom. The van der Waals surface area contributed by atoms with E-state index in [1.54, 1.807) is 12.1 Å². The van der Waals surface area contributed by atoms with Gasteiger partial charge in [-0.05, 0) is 23.6 Å². The van der Waals surface area contributed by atoms with Crippen LogP contribution in [0.4, 0.5) is 0 Å². The lowest BCUT2D eigenvalue weighted by Gasteiger charge is -2.04. The van der Waals surface area contributed by atoms with Crippen molar-refractivity contribution < 1.29 is 14.4 Å². The number of benzene rings is 1. The van der Waals surface area contributed by atoms with Crippen LogP contribution >= 0.6 is 0 Å². The van der Waals surface area contributed by atoms with Crippen LogP contribution < -0.4 is 0 Å². The Morgan fingerprint density at radius 1 is 1.33 bits per heavy atom. The fourth-order valence-corrected chi connectivity index (χ4v) is 1.12. The molecule has 78 valence electrons. The van der Waals surface area contributed by atoms with E-state index < -0.39 is 5.97 Å². The minimum Gasteiger partial charge on any atom is -0.301 e. The summed E-state index contributed by atoms with van der Waals surface area (Å²) in [6.45, 7) is 4.12. The fraction of sp³-hybridized carbons (Fsp3) is 0.273. The number of rotatable bonds is 3. The van der Waals surface area contributed by atoms with E-state index in [4.69, 9.17) is 0 Å². The quantitative estimate of drug-likeness (QED) is 0.329. The Labute approximate surface area is 87.5 Å². The van der Waals surface area contributed by atoms with Crippen LogP contribution in [0.15, 0.2) is 29.4 Å². The molecule has 4 heteroatoms. The monoisotopic (exact) mass is 205 g/mol. The molecule has 0 unspecified atom stereocenters. The van der Waals surface area contributed by atoms with Crippen molar-refractivity contribution in [1.29, 1.82) is 0 Å². The zero-order chi connectivity index (χ0) is 11.3. The van der Waals surface area contributed by atoms with Gasteiger partial charge < -0.3 is 4.84 Å². The van der Waals surface area contributed by atoms with Crippen LogP contribution in [0.25, 0.3) is 0 Å². The standard InChI is InChI=1S/C11H11NO3/c1-8(2)9-3-5-10(6-4-9)11(14)15-12-7-13/h3-6,8H,1-2H3. The van der Waals surface area contributed by atoms with Crippen LogP contribution in [0.2, 0.25) is 0 Å². The van der Waals surface area contributed by atoms with Crippen molar-refractivity contribution in [2.45, 2.75) is 19.8 Å². The molecule has 0 bridgehead atoms. The third-order valence-electron chi connectivity index (χ3n) is 1.98. The minimum absolute atomic E-state index is 0.360. The highest BCUT2D eigenvalue weighted by Gasteiger charge is 2.07. The zero-order valence-corrected chi connectivity index (χ0v) is 8.56. The van der Waals surface area contributed by atoms with Gasteiger partial charge >= 0.3 is 5.97 Å². The molecule has 0 aliphatic rings. The summed E-state index contributed by atoms with van der Waals surface area (Å²) in [5.41, 5.74) is 1.49. The summed E-state index contributed by atoms with van der Waals surface area (Å²) in [4.78, 5) is 25.1. The highest BCUT2D eigenvalue weighted by atomic mass is 16.7. The molecule has 0 amide bonds. The zero-order valence-electron chi connectivity index (χ0n) is 8.56. The second-order valence-corrected chi connectivity index (χ2v) is 3.34. The van der Waals surface area contributed by atoms with Crippen molar-refractivity contribution >= 4 is 12.0 Å². The lowest BCUT2D eigenvalue weighted by molar-refractivity contribution is 0.0516. The van der Waals surface area contributed by atoms with E-state index in [0.717, 1.165) is 11.6 Å². The maximum absolute atomic E-state index is 11.2. The molecule has 0 fully saturated rings. The molecular weight excluding hydrogens is 194 g/mol. The maximum atomic E-state index is 11.2. The first-order chi connectivity index (χ1) is 7.15. The first-order valence-electron chi connectivity index (χ1n) is 4.53. The SMILES string of the molecule is CC(C)c1ccc(C(=O)ON=C=O)cc1. The largest absolute Gasteiger partial charge is 0.366 e. The minimum atomic E-state index is -0.659. The van der Waals surface area contributed by atoms with Crippen molar-refractivity contribution in [3.63, 3.8) is 0 Å². The lowest BCUT2D eigenvalue weighted by Crippen LogP contribution is -2.00. The average Bonchev–Trinajstić information content (AvgIpc) is 2.26. The summed E-state index contributed by atoms with van der Waals surface area (Å²) < 4.78 is 0. The predicted molar refractivity (Wildman–Crippen MR) is 54.1 cm³/mol. The highest BCUT2D eigenvalue weighted by Crippen LogP contribution is 2.15. The summed E-state index contributed by atoms with van der Waals surface area (Å²) in [5.74, 6) is -0.253. The Hall–Kier alpha value is -1.93. The van der Waals surface area contributed by atoms with Gasteiger partial charge in [0.1, 0.15) is 0 Å². The molecule has 0 atom stereocenters. The summed E-state index contributed by atoms with van der Waals surface area (Å²) in [5, 5.41) is 2.75. The molecule has 1 aromatic carbocycles. The van der Waals surface area contributed by atoms with Gasteiger partial charge in [0.05, 0.1) is 5.56 Å². The molecule has 0 radical (unpaired) electrons. The third-order valence-corrected chi connectivity index (χ3v) is 1.98. The van der Waals surface area contributed by atoms with Gasteiger partial charge in [-0.3, -0.25) is 0 Å². The molecule has 0 aliphatic carbocycles. The second-order valence-electron chi connectivity index (χ2n) is 3.34. The summed E-state index contributed by atoms with van der Waals surface area (Å²) >= 11 is 0. The van der Waals surface area contributed by atoms with Crippen molar-refractivity contribution in [3.8, 4) is 0 Å². The Morgan fingerprint density at radius 3 is 2.40 bits per heavy atom. The molecule has 0 aliphatic heterocycles. The van der Waals surface area contributed by atoms with E-state index in [2.05, 4.69) is 23.8 Å². The van der Waals surface area contributed by atoms with Gasteiger partial charge in [-0.25, -0.2) is 9.59 Å². The summed E-state index contributed by atoms with van der Waals surface area (Å²) in [6.07, 6.45) is 1.13. The third kappa shape index (κ3) is 3.04. The predicted octanol–water partition coefficient (Wildman–Crippen LogP) is 2.22. The van der Waals surface area contributed by atoms with E-state index in [0.29, 0.717) is 11.5 Å². The molecule has 1 rings (SSSR count). The van der Waals surface area contributed by atoms with E-state index in [1.165, 1.54) is 0 Å². The maximum Gasteiger partial charge on any atom is 0.366 e. The fourth-order valence-electron chi connectivity index (χ4n) is 1.12. The van der Waals surface area contributed by atoms with Gasteiger partial charge in [0.25, 0.3) is 6.08 Å². The number of carbonyl (C=O) groups excluding carboxylic acids is 2. The Kier molecular flexibility index (Phi) is 3.77. The molecule has 0 saturated carbocycles. The molecule has 4 nitrogen and oxygen atoms in total. The van der Waals surface area contributed by atoms with Crippen LogP contribution in [0.3, 0.4) is 0 Å². The van der Waals surface area contributed by atoms with Crippen LogP contribution in [0.5, 0.6) is 0 Å². The first kappa shape index (κ1) is 11.1. The van der Waals surface area contributed by atoms with Crippen molar-refractivity contribution in [3.05, 3.63) is 35.4 Å². The van der Waals surface area contributed by atoms with E-state index in [1.807, 2.05) is 12.1 Å².